The summed E-state index contributed by atoms with van der Waals surface area (Å²) in [5.74, 6) is 0.173. The fraction of sp³-hybridized carbons (Fsp3) is 0. The number of hydrogen-bond donors (Lipinski definition) is 1. The van der Waals surface area contributed by atoms with Gasteiger partial charge in [0.25, 0.3) is 0 Å². The first-order chi connectivity index (χ1) is 7.65. The van der Waals surface area contributed by atoms with E-state index in [2.05, 4.69) is 31.2 Å². The van der Waals surface area contributed by atoms with Gasteiger partial charge in [-0.05, 0) is 45.7 Å². The van der Waals surface area contributed by atoms with Gasteiger partial charge in [0.05, 0.1) is 4.47 Å². The van der Waals surface area contributed by atoms with Gasteiger partial charge >= 0.3 is 0 Å². The molecule has 0 fully saturated rings. The molecule has 0 unspecified atom stereocenters. The third kappa shape index (κ3) is 2.68. The fourth-order valence-electron chi connectivity index (χ4n) is 1.14. The predicted molar refractivity (Wildman–Crippen MR) is 64.4 cm³/mol. The van der Waals surface area contributed by atoms with E-state index in [0.29, 0.717) is 16.0 Å². The number of halogens is 3. The Morgan fingerprint density at radius 3 is 2.94 bits per heavy atom. The first-order valence-electron chi connectivity index (χ1n) is 4.36. The summed E-state index contributed by atoms with van der Waals surface area (Å²) in [7, 11) is 0. The van der Waals surface area contributed by atoms with Gasteiger partial charge in [-0.2, -0.15) is 4.98 Å². The van der Waals surface area contributed by atoms with Crippen LogP contribution in [0.4, 0.5) is 15.9 Å². The fourth-order valence-corrected chi connectivity index (χ4v) is 1.56. The molecular formula is C10H6BrClFN3. The summed E-state index contributed by atoms with van der Waals surface area (Å²) in [4.78, 5) is 7.76. The van der Waals surface area contributed by atoms with Crippen molar-refractivity contribution in [2.45, 2.75) is 0 Å². The Balaban J connectivity index is 2.30. The average Bonchev–Trinajstić information content (AvgIpc) is 2.24. The van der Waals surface area contributed by atoms with Gasteiger partial charge < -0.3 is 5.32 Å². The quantitative estimate of drug-likeness (QED) is 0.858. The summed E-state index contributed by atoms with van der Waals surface area (Å²) < 4.78 is 13.6. The third-order valence-corrected chi connectivity index (χ3v) is 2.56. The second-order valence-corrected chi connectivity index (χ2v) is 4.16. The van der Waals surface area contributed by atoms with E-state index < -0.39 is 0 Å². The van der Waals surface area contributed by atoms with Crippen molar-refractivity contribution >= 4 is 39.0 Å². The van der Waals surface area contributed by atoms with E-state index in [4.69, 9.17) is 11.6 Å². The van der Waals surface area contributed by atoms with Crippen LogP contribution in [-0.4, -0.2) is 9.97 Å². The van der Waals surface area contributed by atoms with Crippen molar-refractivity contribution < 1.29 is 4.39 Å². The molecule has 82 valence electrons. The zero-order chi connectivity index (χ0) is 11.5. The molecule has 1 aromatic heterocycles. The Hall–Kier alpha value is -1.20. The maximum absolute atomic E-state index is 12.9. The van der Waals surface area contributed by atoms with Gasteiger partial charge in [0.15, 0.2) is 0 Å². The van der Waals surface area contributed by atoms with Gasteiger partial charge in [0.1, 0.15) is 11.6 Å². The van der Waals surface area contributed by atoms with E-state index in [9.17, 15) is 4.39 Å². The largest absolute Gasteiger partial charge is 0.339 e. The Bertz CT molecular complexity index is 521. The van der Waals surface area contributed by atoms with Crippen molar-refractivity contribution in [3.8, 4) is 0 Å². The molecule has 6 heteroatoms. The SMILES string of the molecule is Fc1cccc(Nc2nc(Cl)ncc2Br)c1. The van der Waals surface area contributed by atoms with Crippen LogP contribution in [0.5, 0.6) is 0 Å². The van der Waals surface area contributed by atoms with Crippen LogP contribution < -0.4 is 5.32 Å². The van der Waals surface area contributed by atoms with Gasteiger partial charge in [-0.25, -0.2) is 9.37 Å². The van der Waals surface area contributed by atoms with Crippen molar-refractivity contribution in [3.63, 3.8) is 0 Å². The molecule has 2 rings (SSSR count). The summed E-state index contributed by atoms with van der Waals surface area (Å²) in [6.07, 6.45) is 1.52. The normalized spacial score (nSPS) is 10.2. The van der Waals surface area contributed by atoms with E-state index >= 15 is 0 Å². The van der Waals surface area contributed by atoms with Crippen molar-refractivity contribution in [2.75, 3.05) is 5.32 Å². The van der Waals surface area contributed by atoms with Gasteiger partial charge in [-0.3, -0.25) is 0 Å². The van der Waals surface area contributed by atoms with Gasteiger partial charge in [-0.1, -0.05) is 6.07 Å². The molecule has 0 aliphatic heterocycles. The van der Waals surface area contributed by atoms with Gasteiger partial charge in [0, 0.05) is 11.9 Å². The van der Waals surface area contributed by atoms with Crippen molar-refractivity contribution in [1.29, 1.82) is 0 Å². The molecule has 1 heterocycles. The molecule has 0 amide bonds. The van der Waals surface area contributed by atoms with Gasteiger partial charge in [-0.15, -0.1) is 0 Å². The average molecular weight is 303 g/mol. The van der Waals surface area contributed by atoms with E-state index in [-0.39, 0.29) is 11.1 Å². The van der Waals surface area contributed by atoms with E-state index in [1.54, 1.807) is 12.1 Å². The summed E-state index contributed by atoms with van der Waals surface area (Å²) in [5, 5.41) is 3.06. The number of rotatable bonds is 2. The lowest BCUT2D eigenvalue weighted by molar-refractivity contribution is 0.628. The minimum atomic E-state index is -0.318. The van der Waals surface area contributed by atoms with Crippen molar-refractivity contribution in [1.82, 2.24) is 9.97 Å². The maximum Gasteiger partial charge on any atom is 0.224 e. The molecule has 0 spiro atoms. The number of nitrogens with one attached hydrogen (secondary N) is 1. The molecule has 1 aromatic carbocycles. The van der Waals surface area contributed by atoms with Crippen LogP contribution in [0.3, 0.4) is 0 Å². The zero-order valence-electron chi connectivity index (χ0n) is 7.92. The first kappa shape index (κ1) is 11.3. The van der Waals surface area contributed by atoms with Crippen molar-refractivity contribution in [2.24, 2.45) is 0 Å². The van der Waals surface area contributed by atoms with Crippen LogP contribution in [-0.2, 0) is 0 Å². The molecule has 16 heavy (non-hydrogen) atoms. The predicted octanol–water partition coefficient (Wildman–Crippen LogP) is 3.78. The lowest BCUT2D eigenvalue weighted by Gasteiger charge is -2.07. The van der Waals surface area contributed by atoms with E-state index in [1.165, 1.54) is 18.3 Å². The second-order valence-electron chi connectivity index (χ2n) is 2.97. The van der Waals surface area contributed by atoms with Crippen LogP contribution in [0.25, 0.3) is 0 Å². The highest BCUT2D eigenvalue weighted by Crippen LogP contribution is 2.24. The number of hydrogen-bond acceptors (Lipinski definition) is 3. The van der Waals surface area contributed by atoms with Crippen molar-refractivity contribution in [3.05, 3.63) is 46.0 Å². The van der Waals surface area contributed by atoms with Crippen LogP contribution in [0, 0.1) is 5.82 Å². The first-order valence-corrected chi connectivity index (χ1v) is 5.53. The lowest BCUT2D eigenvalue weighted by Crippen LogP contribution is -1.96. The molecule has 0 radical (unpaired) electrons. The molecule has 0 aliphatic rings. The summed E-state index contributed by atoms with van der Waals surface area (Å²) in [6, 6.07) is 6.07. The summed E-state index contributed by atoms with van der Waals surface area (Å²) in [6.45, 7) is 0. The number of aromatic nitrogens is 2. The highest BCUT2D eigenvalue weighted by Gasteiger charge is 2.04. The van der Waals surface area contributed by atoms with E-state index in [0.717, 1.165) is 0 Å². The van der Waals surface area contributed by atoms with E-state index in [1.807, 2.05) is 0 Å². The summed E-state index contributed by atoms with van der Waals surface area (Å²) >= 11 is 8.92. The monoisotopic (exact) mass is 301 g/mol. The molecular weight excluding hydrogens is 296 g/mol. The standard InChI is InChI=1S/C10H6BrClFN3/c11-8-5-14-10(12)16-9(8)15-7-3-1-2-6(13)4-7/h1-5H,(H,14,15,16). The molecule has 3 nitrogen and oxygen atoms in total. The molecule has 0 aliphatic carbocycles. The molecule has 0 saturated carbocycles. The minimum absolute atomic E-state index is 0.127. The minimum Gasteiger partial charge on any atom is -0.339 e. The third-order valence-electron chi connectivity index (χ3n) is 1.80. The Morgan fingerprint density at radius 2 is 2.19 bits per heavy atom. The molecule has 1 N–H and O–H groups in total. The molecule has 0 bridgehead atoms. The number of anilines is 2. The molecule has 2 aromatic rings. The Kier molecular flexibility index (Phi) is 3.36. The van der Waals surface area contributed by atoms with Gasteiger partial charge in [0.2, 0.25) is 5.28 Å². The number of nitrogens with zero attached hydrogens (tertiary/aromatic N) is 2. The topological polar surface area (TPSA) is 37.8 Å². The van der Waals surface area contributed by atoms with Crippen LogP contribution in [0.15, 0.2) is 34.9 Å². The number of benzene rings is 1. The maximum atomic E-state index is 12.9. The smallest absolute Gasteiger partial charge is 0.224 e. The highest BCUT2D eigenvalue weighted by molar-refractivity contribution is 9.10. The Labute approximate surface area is 105 Å². The van der Waals surface area contributed by atoms with Crippen LogP contribution in [0.1, 0.15) is 0 Å². The molecule has 0 atom stereocenters. The van der Waals surface area contributed by atoms with Crippen LogP contribution >= 0.6 is 27.5 Å². The Morgan fingerprint density at radius 1 is 1.38 bits per heavy atom. The van der Waals surface area contributed by atoms with Crippen LogP contribution in [0.2, 0.25) is 5.28 Å². The highest BCUT2D eigenvalue weighted by atomic mass is 79.9. The lowest BCUT2D eigenvalue weighted by atomic mass is 10.3. The zero-order valence-corrected chi connectivity index (χ0v) is 10.3. The summed E-state index contributed by atoms with van der Waals surface area (Å²) in [5.41, 5.74) is 0.593. The second kappa shape index (κ2) is 4.76. The molecule has 0 saturated heterocycles.